The van der Waals surface area contributed by atoms with E-state index in [9.17, 15) is 0 Å². The normalized spacial score (nSPS) is 17.9. The number of para-hydroxylation sites is 1. The van der Waals surface area contributed by atoms with E-state index in [1.165, 1.54) is 0 Å². The van der Waals surface area contributed by atoms with Crippen molar-refractivity contribution >= 4 is 11.6 Å². The Kier molecular flexibility index (Phi) is 2.26. The zero-order chi connectivity index (χ0) is 11.0. The molecule has 0 aliphatic carbocycles. The van der Waals surface area contributed by atoms with Crippen LogP contribution in [0.3, 0.4) is 0 Å². The molecule has 0 amide bonds. The van der Waals surface area contributed by atoms with Gasteiger partial charge in [-0.05, 0) is 12.1 Å². The first-order chi connectivity index (χ1) is 7.84. The van der Waals surface area contributed by atoms with Crippen LogP contribution in [0, 0.1) is 0 Å². The molecule has 1 aromatic carbocycles. The molecular weight excluding hydrogens is 224 g/mol. The SMILES string of the molecule is Clc1ccnc(C2COc3ccccc32)n1. The molecule has 3 rings (SSSR count). The van der Waals surface area contributed by atoms with Crippen molar-refractivity contribution in [3.05, 3.63) is 53.1 Å². The number of ether oxygens (including phenoxy) is 1. The second-order valence-corrected chi connectivity index (χ2v) is 4.03. The van der Waals surface area contributed by atoms with E-state index >= 15 is 0 Å². The van der Waals surface area contributed by atoms with Crippen LogP contribution < -0.4 is 4.74 Å². The molecule has 0 bridgehead atoms. The van der Waals surface area contributed by atoms with Gasteiger partial charge in [-0.3, -0.25) is 0 Å². The summed E-state index contributed by atoms with van der Waals surface area (Å²) in [7, 11) is 0. The van der Waals surface area contributed by atoms with E-state index in [-0.39, 0.29) is 5.92 Å². The third-order valence-electron chi connectivity index (χ3n) is 2.65. The van der Waals surface area contributed by atoms with Crippen molar-refractivity contribution in [2.24, 2.45) is 0 Å². The summed E-state index contributed by atoms with van der Waals surface area (Å²) in [4.78, 5) is 8.47. The molecule has 0 radical (unpaired) electrons. The maximum Gasteiger partial charge on any atom is 0.141 e. The van der Waals surface area contributed by atoms with E-state index in [1.807, 2.05) is 24.3 Å². The molecule has 3 nitrogen and oxygen atoms in total. The van der Waals surface area contributed by atoms with Crippen molar-refractivity contribution in [2.75, 3.05) is 6.61 Å². The second kappa shape index (κ2) is 3.76. The van der Waals surface area contributed by atoms with Gasteiger partial charge < -0.3 is 4.74 Å². The van der Waals surface area contributed by atoms with E-state index in [0.717, 1.165) is 17.1 Å². The lowest BCUT2D eigenvalue weighted by Gasteiger charge is -2.06. The van der Waals surface area contributed by atoms with Gasteiger partial charge in [-0.25, -0.2) is 9.97 Å². The van der Waals surface area contributed by atoms with Crippen molar-refractivity contribution in [1.82, 2.24) is 9.97 Å². The van der Waals surface area contributed by atoms with Crippen molar-refractivity contribution in [3.8, 4) is 5.75 Å². The summed E-state index contributed by atoms with van der Waals surface area (Å²) < 4.78 is 5.58. The molecule has 80 valence electrons. The van der Waals surface area contributed by atoms with Gasteiger partial charge in [-0.2, -0.15) is 0 Å². The first kappa shape index (κ1) is 9.60. The third kappa shape index (κ3) is 1.53. The average molecular weight is 233 g/mol. The van der Waals surface area contributed by atoms with Gasteiger partial charge in [0.25, 0.3) is 0 Å². The summed E-state index contributed by atoms with van der Waals surface area (Å²) in [5, 5.41) is 0.467. The van der Waals surface area contributed by atoms with Crippen LogP contribution in [-0.2, 0) is 0 Å². The predicted octanol–water partition coefficient (Wildman–Crippen LogP) is 2.65. The molecule has 2 heterocycles. The molecule has 1 aliphatic rings. The number of halogens is 1. The molecule has 0 fully saturated rings. The average Bonchev–Trinajstić information content (AvgIpc) is 2.72. The minimum Gasteiger partial charge on any atom is -0.492 e. The molecule has 0 saturated heterocycles. The highest BCUT2D eigenvalue weighted by atomic mass is 35.5. The van der Waals surface area contributed by atoms with Crippen LogP contribution in [0.1, 0.15) is 17.3 Å². The molecule has 0 N–H and O–H groups in total. The Hall–Kier alpha value is -1.61. The lowest BCUT2D eigenvalue weighted by Crippen LogP contribution is -2.07. The van der Waals surface area contributed by atoms with Gasteiger partial charge in [-0.15, -0.1) is 0 Å². The van der Waals surface area contributed by atoms with E-state index < -0.39 is 0 Å². The minimum atomic E-state index is 0.0925. The highest BCUT2D eigenvalue weighted by Crippen LogP contribution is 2.36. The number of benzene rings is 1. The number of hydrogen-bond acceptors (Lipinski definition) is 3. The predicted molar refractivity (Wildman–Crippen MR) is 60.8 cm³/mol. The molecule has 1 aliphatic heterocycles. The minimum absolute atomic E-state index is 0.0925. The first-order valence-corrected chi connectivity index (χ1v) is 5.42. The van der Waals surface area contributed by atoms with Crippen LogP contribution in [0.4, 0.5) is 0 Å². The first-order valence-electron chi connectivity index (χ1n) is 5.05. The fourth-order valence-corrected chi connectivity index (χ4v) is 2.04. The van der Waals surface area contributed by atoms with Crippen LogP contribution in [0.15, 0.2) is 36.5 Å². The summed E-state index contributed by atoms with van der Waals surface area (Å²) in [6.07, 6.45) is 1.67. The van der Waals surface area contributed by atoms with Gasteiger partial charge in [0.05, 0.1) is 5.92 Å². The van der Waals surface area contributed by atoms with Crippen molar-refractivity contribution in [3.63, 3.8) is 0 Å². The topological polar surface area (TPSA) is 35.0 Å². The second-order valence-electron chi connectivity index (χ2n) is 3.64. The molecule has 1 aromatic heterocycles. The van der Waals surface area contributed by atoms with Gasteiger partial charge in [0, 0.05) is 11.8 Å². The summed E-state index contributed by atoms with van der Waals surface area (Å²) in [6, 6.07) is 9.62. The Morgan fingerprint density at radius 3 is 3.00 bits per heavy atom. The smallest absolute Gasteiger partial charge is 0.141 e. The van der Waals surface area contributed by atoms with Crippen molar-refractivity contribution in [2.45, 2.75) is 5.92 Å². The fraction of sp³-hybridized carbons (Fsp3) is 0.167. The number of aromatic nitrogens is 2. The maximum atomic E-state index is 5.86. The molecule has 16 heavy (non-hydrogen) atoms. The highest BCUT2D eigenvalue weighted by molar-refractivity contribution is 6.29. The largest absolute Gasteiger partial charge is 0.492 e. The Bertz CT molecular complexity index is 530. The van der Waals surface area contributed by atoms with Gasteiger partial charge in [0.1, 0.15) is 23.3 Å². The quantitative estimate of drug-likeness (QED) is 0.709. The van der Waals surface area contributed by atoms with E-state index in [2.05, 4.69) is 9.97 Å². The molecule has 0 saturated carbocycles. The molecule has 1 atom stereocenters. The Balaban J connectivity index is 2.05. The van der Waals surface area contributed by atoms with Crippen molar-refractivity contribution in [1.29, 1.82) is 0 Å². The van der Waals surface area contributed by atoms with Gasteiger partial charge in [0.15, 0.2) is 0 Å². The van der Waals surface area contributed by atoms with E-state index in [4.69, 9.17) is 16.3 Å². The summed E-state index contributed by atoms with van der Waals surface area (Å²) in [5.41, 5.74) is 1.13. The number of hydrogen-bond donors (Lipinski definition) is 0. The van der Waals surface area contributed by atoms with Gasteiger partial charge in [-0.1, -0.05) is 29.8 Å². The maximum absolute atomic E-state index is 5.86. The molecule has 2 aromatic rings. The standard InChI is InChI=1S/C12H9ClN2O/c13-11-5-6-14-12(15-11)9-7-16-10-4-2-1-3-8(9)10/h1-6,9H,7H2. The number of fused-ring (bicyclic) bond motifs is 1. The molecular formula is C12H9ClN2O. The van der Waals surface area contributed by atoms with Gasteiger partial charge in [0.2, 0.25) is 0 Å². The lowest BCUT2D eigenvalue weighted by atomic mass is 10.0. The Morgan fingerprint density at radius 1 is 1.25 bits per heavy atom. The number of rotatable bonds is 1. The van der Waals surface area contributed by atoms with Gasteiger partial charge >= 0.3 is 0 Å². The van der Waals surface area contributed by atoms with Crippen LogP contribution in [0.2, 0.25) is 5.15 Å². The number of nitrogens with zero attached hydrogens (tertiary/aromatic N) is 2. The van der Waals surface area contributed by atoms with Crippen molar-refractivity contribution < 1.29 is 4.74 Å². The molecule has 0 spiro atoms. The fourth-order valence-electron chi connectivity index (χ4n) is 1.89. The Morgan fingerprint density at radius 2 is 2.12 bits per heavy atom. The third-order valence-corrected chi connectivity index (χ3v) is 2.86. The monoisotopic (exact) mass is 232 g/mol. The van der Waals surface area contributed by atoms with Crippen LogP contribution >= 0.6 is 11.6 Å². The molecule has 4 heteroatoms. The van der Waals surface area contributed by atoms with Crippen LogP contribution in [-0.4, -0.2) is 16.6 Å². The highest BCUT2D eigenvalue weighted by Gasteiger charge is 2.27. The van der Waals surface area contributed by atoms with E-state index in [0.29, 0.717) is 11.8 Å². The van der Waals surface area contributed by atoms with Crippen LogP contribution in [0.5, 0.6) is 5.75 Å². The zero-order valence-corrected chi connectivity index (χ0v) is 9.19. The molecule has 1 unspecified atom stereocenters. The zero-order valence-electron chi connectivity index (χ0n) is 8.43. The summed E-state index contributed by atoms with van der Waals surface area (Å²) >= 11 is 5.86. The van der Waals surface area contributed by atoms with E-state index in [1.54, 1.807) is 12.3 Å². The van der Waals surface area contributed by atoms with Crippen LogP contribution in [0.25, 0.3) is 0 Å². The summed E-state index contributed by atoms with van der Waals surface area (Å²) in [5.74, 6) is 1.73. The Labute approximate surface area is 98.1 Å². The summed E-state index contributed by atoms with van der Waals surface area (Å²) in [6.45, 7) is 0.583. The lowest BCUT2D eigenvalue weighted by molar-refractivity contribution is 0.339.